The summed E-state index contributed by atoms with van der Waals surface area (Å²) in [7, 11) is 0. The molecule has 0 bridgehead atoms. The predicted octanol–water partition coefficient (Wildman–Crippen LogP) is -7.48. The molecule has 0 spiro atoms. The highest BCUT2D eigenvalue weighted by molar-refractivity contribution is 5.80. The largest absolute Gasteiger partial charge is 0.391 e. The van der Waals surface area contributed by atoms with Crippen LogP contribution in [-0.4, -0.2) is 158 Å². The Morgan fingerprint density at radius 3 is 2.09 bits per heavy atom. The molecule has 3 fully saturated rings. The molecule has 43 heavy (non-hydrogen) atoms. The molecule has 0 aromatic rings. The fourth-order valence-corrected chi connectivity index (χ4v) is 5.55. The minimum Gasteiger partial charge on any atom is -0.391 e. The highest BCUT2D eigenvalue weighted by Gasteiger charge is 2.54. The Kier molecular flexibility index (Phi) is 12.4. The Morgan fingerprint density at radius 2 is 1.51 bits per heavy atom. The van der Waals surface area contributed by atoms with Crippen molar-refractivity contribution in [1.82, 2.24) is 10.6 Å². The van der Waals surface area contributed by atoms with Gasteiger partial charge in [-0.1, -0.05) is 0 Å². The van der Waals surface area contributed by atoms with Crippen molar-refractivity contribution in [2.24, 2.45) is 22.9 Å². The van der Waals surface area contributed by atoms with Gasteiger partial charge in [0.25, 0.3) is 0 Å². The summed E-state index contributed by atoms with van der Waals surface area (Å²) >= 11 is 0. The number of rotatable bonds is 11. The van der Waals surface area contributed by atoms with Gasteiger partial charge in [-0.2, -0.15) is 0 Å². The molecule has 2 aliphatic heterocycles. The van der Waals surface area contributed by atoms with E-state index in [1.165, 1.54) is 6.92 Å². The molecule has 2 saturated heterocycles. The molecule has 0 aromatic heterocycles. The first-order valence-electron chi connectivity index (χ1n) is 14.1. The Labute approximate surface area is 247 Å². The lowest BCUT2D eigenvalue weighted by Crippen LogP contribution is -2.69. The molecule has 250 valence electrons. The second kappa shape index (κ2) is 15.0. The van der Waals surface area contributed by atoms with Gasteiger partial charge in [-0.15, -0.1) is 0 Å². The van der Waals surface area contributed by atoms with E-state index in [4.69, 9.17) is 47.3 Å². The van der Waals surface area contributed by atoms with E-state index in [0.29, 0.717) is 0 Å². The average Bonchev–Trinajstić information content (AvgIpc) is 3.21. The molecule has 2 heterocycles. The summed E-state index contributed by atoms with van der Waals surface area (Å²) in [6.45, 7) is 2.89. The number of aliphatic hydroxyl groups is 7. The van der Waals surface area contributed by atoms with Gasteiger partial charge in [0.2, 0.25) is 5.91 Å². The van der Waals surface area contributed by atoms with E-state index in [1.807, 2.05) is 0 Å². The molecule has 1 aliphatic carbocycles. The highest BCUT2D eigenvalue weighted by Crippen LogP contribution is 2.33. The summed E-state index contributed by atoms with van der Waals surface area (Å²) in [6, 6.07) is -4.23. The summed E-state index contributed by atoms with van der Waals surface area (Å²) in [6.07, 6.45) is -19.1. The standard InChI is InChI=1S/C24H47N7O12/c1-6(30-24(28)29)17-15(37)16(38)23(40-17)43-20-12(34)9(31-21(39)10(33)3-4-25)5-8(26)19(20)42-22-11(27)13(35)14(36)18(41-22)7(2)32/h6-20,22-23,32-38H,3-5,25-27H2,1-2H3,(H,31,39)(H4,28,29,30)/t6-,7-,8?,9-,10?,11?,12?,13?,14+,15?,16?,17-,18?,19-,20?,22-,23+/m1/s1. The fraction of sp³-hybridized carbons (Fsp3) is 0.917. The zero-order valence-electron chi connectivity index (χ0n) is 23.9. The number of nitrogens with one attached hydrogen (secondary N) is 3. The van der Waals surface area contributed by atoms with E-state index in [-0.39, 0.29) is 19.4 Å². The SMILES string of the molecule is C[C@@H](O)C1O[C@H](O[C@@H]2C(N)C[C@@H](NC(=O)C(O)CCN)C(O)C2O[C@@H]2O[C@H]([C@@H](C)NC(=N)N)C(O)C2O)C(N)C(O)[C@@H]1O. The number of guanidine groups is 1. The Hall–Kier alpha value is -1.82. The van der Waals surface area contributed by atoms with Gasteiger partial charge in [-0.3, -0.25) is 10.2 Å². The maximum Gasteiger partial charge on any atom is 0.249 e. The number of aliphatic hydroxyl groups excluding tert-OH is 7. The van der Waals surface area contributed by atoms with Crippen molar-refractivity contribution >= 4 is 11.9 Å². The van der Waals surface area contributed by atoms with Crippen LogP contribution in [0, 0.1) is 5.41 Å². The summed E-state index contributed by atoms with van der Waals surface area (Å²) < 4.78 is 23.3. The van der Waals surface area contributed by atoms with E-state index in [1.54, 1.807) is 6.92 Å². The highest BCUT2D eigenvalue weighted by atomic mass is 16.7. The predicted molar refractivity (Wildman–Crippen MR) is 145 cm³/mol. The van der Waals surface area contributed by atoms with Crippen molar-refractivity contribution in [3.8, 4) is 0 Å². The molecule has 19 nitrogen and oxygen atoms in total. The zero-order valence-corrected chi connectivity index (χ0v) is 23.9. The van der Waals surface area contributed by atoms with Crippen molar-refractivity contribution in [1.29, 1.82) is 5.41 Å². The normalized spacial score (nSPS) is 43.9. The molecule has 0 aromatic carbocycles. The van der Waals surface area contributed by atoms with Crippen LogP contribution in [0.3, 0.4) is 0 Å². The number of hydrogen-bond donors (Lipinski definition) is 14. The molecule has 18 N–H and O–H groups in total. The number of hydrogen-bond acceptors (Lipinski definition) is 16. The first-order chi connectivity index (χ1) is 20.1. The van der Waals surface area contributed by atoms with Crippen LogP contribution in [0.25, 0.3) is 0 Å². The van der Waals surface area contributed by atoms with Crippen LogP contribution in [-0.2, 0) is 23.7 Å². The second-order valence-electron chi connectivity index (χ2n) is 11.4. The molecule has 1 saturated carbocycles. The topological polar surface area (TPSA) is 348 Å². The van der Waals surface area contributed by atoms with Crippen LogP contribution in [0.2, 0.25) is 0 Å². The van der Waals surface area contributed by atoms with Gasteiger partial charge in [0.15, 0.2) is 18.5 Å². The first-order valence-corrected chi connectivity index (χ1v) is 14.1. The summed E-state index contributed by atoms with van der Waals surface area (Å²) in [5.74, 6) is -1.24. The van der Waals surface area contributed by atoms with Gasteiger partial charge in [-0.05, 0) is 33.2 Å². The lowest BCUT2D eigenvalue weighted by molar-refractivity contribution is -0.315. The number of carbonyl (C=O) groups excluding carboxylic acids is 1. The summed E-state index contributed by atoms with van der Waals surface area (Å²) in [5, 5.41) is 86.1. The smallest absolute Gasteiger partial charge is 0.249 e. The quantitative estimate of drug-likeness (QED) is 0.0748. The molecule has 3 rings (SSSR count). The lowest BCUT2D eigenvalue weighted by atomic mass is 9.83. The molecule has 1 amide bonds. The number of nitrogens with two attached hydrogens (primary N) is 4. The van der Waals surface area contributed by atoms with Crippen molar-refractivity contribution < 1.29 is 59.5 Å². The third-order valence-corrected chi connectivity index (χ3v) is 7.97. The van der Waals surface area contributed by atoms with Crippen LogP contribution in [0.1, 0.15) is 26.7 Å². The van der Waals surface area contributed by atoms with Gasteiger partial charge in [0.1, 0.15) is 61.0 Å². The molecular weight excluding hydrogens is 578 g/mol. The molecular formula is C24H47N7O12. The number of carbonyl (C=O) groups is 1. The van der Waals surface area contributed by atoms with Crippen molar-refractivity contribution in [2.45, 2.75) is 131 Å². The molecule has 9 unspecified atom stereocenters. The van der Waals surface area contributed by atoms with Gasteiger partial charge in [-0.25, -0.2) is 0 Å². The lowest BCUT2D eigenvalue weighted by Gasteiger charge is -2.48. The van der Waals surface area contributed by atoms with Crippen LogP contribution >= 0.6 is 0 Å². The summed E-state index contributed by atoms with van der Waals surface area (Å²) in [5.41, 5.74) is 23.2. The molecule has 3 aliphatic rings. The maximum atomic E-state index is 12.5. The fourth-order valence-electron chi connectivity index (χ4n) is 5.55. The molecule has 0 radical (unpaired) electrons. The maximum absolute atomic E-state index is 12.5. The van der Waals surface area contributed by atoms with E-state index < -0.39 is 116 Å². The number of amides is 1. The molecule has 17 atom stereocenters. The van der Waals surface area contributed by atoms with Crippen LogP contribution in [0.15, 0.2) is 0 Å². The Balaban J connectivity index is 1.87. The summed E-state index contributed by atoms with van der Waals surface area (Å²) in [4.78, 5) is 12.5. The van der Waals surface area contributed by atoms with Crippen molar-refractivity contribution in [3.63, 3.8) is 0 Å². The van der Waals surface area contributed by atoms with Crippen LogP contribution in [0.4, 0.5) is 0 Å². The first kappa shape index (κ1) is 35.7. The molecule has 19 heteroatoms. The van der Waals surface area contributed by atoms with Crippen LogP contribution < -0.4 is 33.6 Å². The minimum atomic E-state index is -1.66. The average molecular weight is 626 g/mol. The van der Waals surface area contributed by atoms with E-state index in [0.717, 1.165) is 0 Å². The van der Waals surface area contributed by atoms with Gasteiger partial charge in [0.05, 0.1) is 24.2 Å². The van der Waals surface area contributed by atoms with Crippen molar-refractivity contribution in [3.05, 3.63) is 0 Å². The van der Waals surface area contributed by atoms with E-state index in [9.17, 15) is 40.5 Å². The minimum absolute atomic E-state index is 0.0237. The third kappa shape index (κ3) is 8.07. The Morgan fingerprint density at radius 1 is 0.930 bits per heavy atom. The van der Waals surface area contributed by atoms with Crippen molar-refractivity contribution in [2.75, 3.05) is 6.54 Å². The zero-order chi connectivity index (χ0) is 32.3. The van der Waals surface area contributed by atoms with Gasteiger partial charge in [0, 0.05) is 6.04 Å². The van der Waals surface area contributed by atoms with E-state index in [2.05, 4.69) is 10.6 Å². The van der Waals surface area contributed by atoms with Gasteiger partial charge >= 0.3 is 0 Å². The van der Waals surface area contributed by atoms with Crippen LogP contribution in [0.5, 0.6) is 0 Å². The third-order valence-electron chi connectivity index (χ3n) is 7.97. The Bertz CT molecular complexity index is 939. The van der Waals surface area contributed by atoms with E-state index >= 15 is 0 Å². The monoisotopic (exact) mass is 625 g/mol. The van der Waals surface area contributed by atoms with Gasteiger partial charge < -0.3 is 88.3 Å². The number of ether oxygens (including phenoxy) is 4. The second-order valence-corrected chi connectivity index (χ2v) is 11.4.